The minimum Gasteiger partial charge on any atom is -0.294 e. The maximum atomic E-state index is 13.5. The first kappa shape index (κ1) is 14.1. The second-order valence-corrected chi connectivity index (χ2v) is 5.14. The van der Waals surface area contributed by atoms with Crippen molar-refractivity contribution in [2.75, 3.05) is 0 Å². The first-order valence-corrected chi connectivity index (χ1v) is 6.51. The molecule has 0 radical (unpaired) electrons. The van der Waals surface area contributed by atoms with Crippen LogP contribution in [0.1, 0.15) is 27.0 Å². The van der Waals surface area contributed by atoms with Gasteiger partial charge in [0.1, 0.15) is 17.7 Å². The number of thiophene rings is 1. The van der Waals surface area contributed by atoms with Crippen molar-refractivity contribution < 1.29 is 13.6 Å². The Morgan fingerprint density at radius 3 is 2.55 bits per heavy atom. The summed E-state index contributed by atoms with van der Waals surface area (Å²) in [6, 6.07) is 8.20. The minimum absolute atomic E-state index is 0.000625. The largest absolute Gasteiger partial charge is 0.294 e. The highest BCUT2D eigenvalue weighted by atomic mass is 32.1. The van der Waals surface area contributed by atoms with E-state index in [0.717, 1.165) is 29.5 Å². The van der Waals surface area contributed by atoms with Crippen LogP contribution in [0.3, 0.4) is 0 Å². The van der Waals surface area contributed by atoms with Crippen LogP contribution in [0.25, 0.3) is 11.6 Å². The zero-order valence-electron chi connectivity index (χ0n) is 10.5. The first-order valence-electron chi connectivity index (χ1n) is 5.69. The van der Waals surface area contributed by atoms with Gasteiger partial charge in [-0.1, -0.05) is 0 Å². The summed E-state index contributed by atoms with van der Waals surface area (Å²) in [5, 5.41) is 9.14. The third kappa shape index (κ3) is 2.98. The van der Waals surface area contributed by atoms with Crippen molar-refractivity contribution in [1.82, 2.24) is 0 Å². The summed E-state index contributed by atoms with van der Waals surface area (Å²) in [5.41, 5.74) is 0.186. The average molecular weight is 289 g/mol. The quantitative estimate of drug-likeness (QED) is 0.624. The van der Waals surface area contributed by atoms with Gasteiger partial charge < -0.3 is 0 Å². The lowest BCUT2D eigenvalue weighted by Gasteiger charge is -1.99. The fraction of sp³-hybridized carbons (Fsp3) is 0.0667. The molecule has 0 atom stereocenters. The molecule has 0 aliphatic rings. The van der Waals surface area contributed by atoms with Gasteiger partial charge in [-0.3, -0.25) is 4.79 Å². The third-order valence-corrected chi connectivity index (χ3v) is 3.82. The Hall–Kier alpha value is -2.32. The Bertz CT molecular complexity index is 741. The molecule has 0 spiro atoms. The molecule has 1 aromatic carbocycles. The smallest absolute Gasteiger partial charge is 0.169 e. The molecule has 0 N–H and O–H groups in total. The van der Waals surface area contributed by atoms with Gasteiger partial charge in [0, 0.05) is 10.4 Å². The van der Waals surface area contributed by atoms with Gasteiger partial charge >= 0.3 is 0 Å². The first-order chi connectivity index (χ1) is 9.51. The van der Waals surface area contributed by atoms with E-state index in [-0.39, 0.29) is 16.9 Å². The molecule has 0 bridgehead atoms. The molecule has 2 aromatic rings. The zero-order chi connectivity index (χ0) is 14.7. The van der Waals surface area contributed by atoms with Crippen LogP contribution < -0.4 is 0 Å². The molecule has 1 aromatic heterocycles. The van der Waals surface area contributed by atoms with Crippen LogP contribution in [0, 0.1) is 23.0 Å². The molecule has 2 rings (SSSR count). The molecule has 0 saturated heterocycles. The van der Waals surface area contributed by atoms with E-state index in [1.54, 1.807) is 12.1 Å². The molecule has 0 unspecified atom stereocenters. The van der Waals surface area contributed by atoms with Gasteiger partial charge in [-0.15, -0.1) is 11.3 Å². The number of hydrogen-bond donors (Lipinski definition) is 0. The summed E-state index contributed by atoms with van der Waals surface area (Å²) in [7, 11) is 0. The van der Waals surface area contributed by atoms with E-state index in [0.29, 0.717) is 9.75 Å². The summed E-state index contributed by atoms with van der Waals surface area (Å²) in [6.07, 6.45) is 1.27. The van der Waals surface area contributed by atoms with Gasteiger partial charge in [0.2, 0.25) is 0 Å². The number of ketones is 1. The minimum atomic E-state index is -0.609. The fourth-order valence-corrected chi connectivity index (χ4v) is 2.48. The molecule has 0 aliphatic carbocycles. The van der Waals surface area contributed by atoms with Gasteiger partial charge in [-0.25, -0.2) is 8.78 Å². The molecular weight excluding hydrogens is 280 g/mol. The Balaban J connectivity index is 2.46. The summed E-state index contributed by atoms with van der Waals surface area (Å²) in [6.45, 7) is 1.43. The van der Waals surface area contributed by atoms with Crippen molar-refractivity contribution in [3.05, 3.63) is 57.3 Å². The van der Waals surface area contributed by atoms with Crippen molar-refractivity contribution in [2.24, 2.45) is 0 Å². The van der Waals surface area contributed by atoms with Crippen LogP contribution in [0.4, 0.5) is 8.78 Å². The van der Waals surface area contributed by atoms with Crippen LogP contribution in [-0.2, 0) is 0 Å². The highest BCUT2D eigenvalue weighted by Gasteiger charge is 2.10. The molecule has 0 saturated carbocycles. The van der Waals surface area contributed by atoms with E-state index in [1.165, 1.54) is 13.0 Å². The molecule has 1 heterocycles. The lowest BCUT2D eigenvalue weighted by molar-refractivity contribution is 0.102. The summed E-state index contributed by atoms with van der Waals surface area (Å²) in [5.74, 6) is -1.29. The maximum Gasteiger partial charge on any atom is 0.169 e. The van der Waals surface area contributed by atoms with Gasteiger partial charge in [0.15, 0.2) is 5.78 Å². The molecule has 0 aliphatic heterocycles. The van der Waals surface area contributed by atoms with E-state index in [1.807, 2.05) is 6.07 Å². The summed E-state index contributed by atoms with van der Waals surface area (Å²) in [4.78, 5) is 12.3. The molecule has 0 amide bonds. The van der Waals surface area contributed by atoms with E-state index in [2.05, 4.69) is 0 Å². The lowest BCUT2D eigenvalue weighted by atomic mass is 10.1. The van der Waals surface area contributed by atoms with Gasteiger partial charge in [0.25, 0.3) is 0 Å². The molecule has 20 heavy (non-hydrogen) atoms. The number of nitrogens with zero attached hydrogens (tertiary/aromatic N) is 1. The highest BCUT2D eigenvalue weighted by Crippen LogP contribution is 2.26. The number of benzene rings is 1. The number of carbonyl (C=O) groups excluding carboxylic acids is 1. The summed E-state index contributed by atoms with van der Waals surface area (Å²) < 4.78 is 26.6. The van der Waals surface area contributed by atoms with Crippen LogP contribution in [-0.4, -0.2) is 5.78 Å². The number of allylic oxidation sites excluding steroid dienone is 1. The second kappa shape index (κ2) is 5.76. The molecule has 100 valence electrons. The number of Topliss-reactive ketones (excluding diaryl/α,β-unsaturated/α-hetero) is 1. The number of hydrogen-bond acceptors (Lipinski definition) is 3. The van der Waals surface area contributed by atoms with Crippen LogP contribution >= 0.6 is 11.3 Å². The maximum absolute atomic E-state index is 13.5. The number of rotatable bonds is 3. The number of halogens is 2. The summed E-state index contributed by atoms with van der Waals surface area (Å²) >= 11 is 1.15. The molecule has 2 nitrogen and oxygen atoms in total. The van der Waals surface area contributed by atoms with E-state index < -0.39 is 11.6 Å². The van der Waals surface area contributed by atoms with Crippen molar-refractivity contribution in [1.29, 1.82) is 5.26 Å². The van der Waals surface area contributed by atoms with Gasteiger partial charge in [-0.05, 0) is 43.3 Å². The van der Waals surface area contributed by atoms with E-state index in [4.69, 9.17) is 5.26 Å². The molecular formula is C15H9F2NOS. The van der Waals surface area contributed by atoms with Crippen molar-refractivity contribution in [3.63, 3.8) is 0 Å². The van der Waals surface area contributed by atoms with Crippen molar-refractivity contribution in [2.45, 2.75) is 6.92 Å². The standard InChI is InChI=1S/C15H9F2NOS/c1-9(19)14-4-5-15(20-14)11(8-18)6-10-7-12(16)2-3-13(10)17/h2-7H,1H3. The van der Waals surface area contributed by atoms with Crippen LogP contribution in [0.15, 0.2) is 30.3 Å². The Labute approximate surface area is 118 Å². The normalized spacial score (nSPS) is 11.2. The lowest BCUT2D eigenvalue weighted by Crippen LogP contribution is -1.86. The van der Waals surface area contributed by atoms with Crippen LogP contribution in [0.2, 0.25) is 0 Å². The Kier molecular flexibility index (Phi) is 4.06. The topological polar surface area (TPSA) is 40.9 Å². The third-order valence-electron chi connectivity index (χ3n) is 2.60. The second-order valence-electron chi connectivity index (χ2n) is 4.06. The predicted octanol–water partition coefficient (Wildman–Crippen LogP) is 4.29. The zero-order valence-corrected chi connectivity index (χ0v) is 11.3. The van der Waals surface area contributed by atoms with Crippen LogP contribution in [0.5, 0.6) is 0 Å². The Morgan fingerprint density at radius 1 is 1.25 bits per heavy atom. The SMILES string of the molecule is CC(=O)c1ccc(C(C#N)=Cc2cc(F)ccc2F)s1. The predicted molar refractivity (Wildman–Crippen MR) is 74.2 cm³/mol. The number of nitriles is 1. The van der Waals surface area contributed by atoms with Crippen molar-refractivity contribution in [3.8, 4) is 6.07 Å². The monoisotopic (exact) mass is 289 g/mol. The number of carbonyl (C=O) groups is 1. The Morgan fingerprint density at radius 2 is 1.95 bits per heavy atom. The van der Waals surface area contributed by atoms with E-state index >= 15 is 0 Å². The molecule has 5 heteroatoms. The fourth-order valence-electron chi connectivity index (χ4n) is 1.61. The highest BCUT2D eigenvalue weighted by molar-refractivity contribution is 7.15. The van der Waals surface area contributed by atoms with Gasteiger partial charge in [-0.2, -0.15) is 5.26 Å². The molecule has 0 fully saturated rings. The van der Waals surface area contributed by atoms with Gasteiger partial charge in [0.05, 0.1) is 10.5 Å². The van der Waals surface area contributed by atoms with Crippen molar-refractivity contribution >= 4 is 28.8 Å². The average Bonchev–Trinajstić information content (AvgIpc) is 2.89. The van der Waals surface area contributed by atoms with E-state index in [9.17, 15) is 13.6 Å².